The van der Waals surface area contributed by atoms with Crippen molar-refractivity contribution in [2.75, 3.05) is 0 Å². The molecule has 0 bridgehead atoms. The van der Waals surface area contributed by atoms with Crippen molar-refractivity contribution in [1.82, 2.24) is 0 Å². The molecule has 2 atom stereocenters. The Morgan fingerprint density at radius 3 is 2.10 bits per heavy atom. The van der Waals surface area contributed by atoms with Crippen molar-refractivity contribution in [1.29, 1.82) is 0 Å². The van der Waals surface area contributed by atoms with Gasteiger partial charge >= 0.3 is 0 Å². The van der Waals surface area contributed by atoms with E-state index in [0.717, 1.165) is 16.7 Å². The van der Waals surface area contributed by atoms with Crippen molar-refractivity contribution in [2.24, 2.45) is 5.73 Å². The lowest BCUT2D eigenvalue weighted by Gasteiger charge is -2.33. The van der Waals surface area contributed by atoms with Crippen molar-refractivity contribution in [3.8, 4) is 0 Å². The van der Waals surface area contributed by atoms with E-state index in [1.807, 2.05) is 30.3 Å². The van der Waals surface area contributed by atoms with Gasteiger partial charge in [0, 0.05) is 12.5 Å². The SMILES string of the molecule is NC1CC(O)(c2ccccc2C2CCC2)c2ccccc21. The predicted octanol–water partition coefficient (Wildman–Crippen LogP) is 3.59. The Morgan fingerprint density at radius 1 is 0.905 bits per heavy atom. The zero-order chi connectivity index (χ0) is 14.4. The largest absolute Gasteiger partial charge is 0.380 e. The number of benzene rings is 2. The number of rotatable bonds is 2. The second-order valence-corrected chi connectivity index (χ2v) is 6.47. The first kappa shape index (κ1) is 13.1. The van der Waals surface area contributed by atoms with Gasteiger partial charge in [-0.25, -0.2) is 0 Å². The van der Waals surface area contributed by atoms with Crippen LogP contribution in [-0.4, -0.2) is 5.11 Å². The van der Waals surface area contributed by atoms with Crippen molar-refractivity contribution >= 4 is 0 Å². The lowest BCUT2D eigenvalue weighted by molar-refractivity contribution is 0.0757. The predicted molar refractivity (Wildman–Crippen MR) is 84.0 cm³/mol. The van der Waals surface area contributed by atoms with Crippen LogP contribution in [0.4, 0.5) is 0 Å². The fraction of sp³-hybridized carbons (Fsp3) is 0.368. The van der Waals surface area contributed by atoms with Gasteiger partial charge in [-0.1, -0.05) is 55.0 Å². The highest BCUT2D eigenvalue weighted by Gasteiger charge is 2.44. The highest BCUT2D eigenvalue weighted by atomic mass is 16.3. The molecule has 0 radical (unpaired) electrons. The van der Waals surface area contributed by atoms with Crippen LogP contribution in [0.25, 0.3) is 0 Å². The van der Waals surface area contributed by atoms with Crippen LogP contribution in [0.5, 0.6) is 0 Å². The van der Waals surface area contributed by atoms with Crippen LogP contribution in [0.15, 0.2) is 48.5 Å². The average molecular weight is 279 g/mol. The van der Waals surface area contributed by atoms with Crippen molar-refractivity contribution < 1.29 is 5.11 Å². The van der Waals surface area contributed by atoms with Crippen molar-refractivity contribution in [3.05, 3.63) is 70.8 Å². The quantitative estimate of drug-likeness (QED) is 0.882. The molecule has 2 heteroatoms. The van der Waals surface area contributed by atoms with Crippen molar-refractivity contribution in [2.45, 2.75) is 43.2 Å². The normalized spacial score (nSPS) is 28.2. The minimum atomic E-state index is -0.928. The minimum absolute atomic E-state index is 0.0827. The summed E-state index contributed by atoms with van der Waals surface area (Å²) in [6, 6.07) is 16.4. The van der Waals surface area contributed by atoms with E-state index in [1.165, 1.54) is 24.8 Å². The van der Waals surface area contributed by atoms with Crippen LogP contribution in [0, 0.1) is 0 Å². The van der Waals surface area contributed by atoms with Crippen LogP contribution in [0.3, 0.4) is 0 Å². The summed E-state index contributed by atoms with van der Waals surface area (Å²) in [6.45, 7) is 0. The molecule has 2 aromatic carbocycles. The summed E-state index contributed by atoms with van der Waals surface area (Å²) in [4.78, 5) is 0. The smallest absolute Gasteiger partial charge is 0.117 e. The molecule has 1 fully saturated rings. The Labute approximate surface area is 125 Å². The first-order valence-corrected chi connectivity index (χ1v) is 7.87. The molecule has 1 saturated carbocycles. The Bertz CT molecular complexity index is 677. The van der Waals surface area contributed by atoms with Gasteiger partial charge in [0.05, 0.1) is 0 Å². The summed E-state index contributed by atoms with van der Waals surface area (Å²) < 4.78 is 0. The number of hydrogen-bond donors (Lipinski definition) is 2. The monoisotopic (exact) mass is 279 g/mol. The lowest BCUT2D eigenvalue weighted by atomic mass is 9.74. The Kier molecular flexibility index (Phi) is 2.91. The minimum Gasteiger partial charge on any atom is -0.380 e. The molecule has 3 N–H and O–H groups in total. The van der Waals surface area contributed by atoms with Crippen LogP contribution < -0.4 is 5.73 Å². The zero-order valence-corrected chi connectivity index (χ0v) is 12.1. The summed E-state index contributed by atoms with van der Waals surface area (Å²) in [5, 5.41) is 11.5. The van der Waals surface area contributed by atoms with E-state index < -0.39 is 5.60 Å². The number of hydrogen-bond acceptors (Lipinski definition) is 2. The third-order valence-electron chi connectivity index (χ3n) is 5.27. The number of fused-ring (bicyclic) bond motifs is 1. The maximum Gasteiger partial charge on any atom is 0.117 e. The average Bonchev–Trinajstić information content (AvgIpc) is 2.71. The lowest BCUT2D eigenvalue weighted by Crippen LogP contribution is -2.28. The molecule has 0 aromatic heterocycles. The van der Waals surface area contributed by atoms with E-state index >= 15 is 0 Å². The standard InChI is InChI=1S/C19H21NO/c20-18-12-19(21,17-11-4-2-9-15(17)18)16-10-3-1-8-14(16)13-6-5-7-13/h1-4,8-11,13,18,21H,5-7,12,20H2. The molecule has 0 saturated heterocycles. The molecule has 21 heavy (non-hydrogen) atoms. The maximum absolute atomic E-state index is 11.5. The summed E-state index contributed by atoms with van der Waals surface area (Å²) >= 11 is 0. The van der Waals surface area contributed by atoms with Gasteiger partial charge in [-0.2, -0.15) is 0 Å². The summed E-state index contributed by atoms with van der Waals surface area (Å²) in [5.74, 6) is 0.606. The Morgan fingerprint density at radius 2 is 1.48 bits per heavy atom. The van der Waals surface area contributed by atoms with E-state index in [2.05, 4.69) is 18.2 Å². The van der Waals surface area contributed by atoms with Gasteiger partial charge in [0.1, 0.15) is 5.60 Å². The van der Waals surface area contributed by atoms with E-state index in [4.69, 9.17) is 5.73 Å². The van der Waals surface area contributed by atoms with Crippen LogP contribution in [0.1, 0.15) is 59.9 Å². The van der Waals surface area contributed by atoms with Gasteiger partial charge in [-0.05, 0) is 41.0 Å². The second kappa shape index (κ2) is 4.69. The van der Waals surface area contributed by atoms with Gasteiger partial charge in [0.15, 0.2) is 0 Å². The molecule has 2 aromatic rings. The van der Waals surface area contributed by atoms with E-state index in [-0.39, 0.29) is 6.04 Å². The fourth-order valence-corrected chi connectivity index (χ4v) is 3.94. The molecule has 2 unspecified atom stereocenters. The molecular formula is C19H21NO. The molecule has 2 nitrogen and oxygen atoms in total. The molecule has 108 valence electrons. The summed E-state index contributed by atoms with van der Waals surface area (Å²) in [5.41, 5.74) is 9.80. The van der Waals surface area contributed by atoms with Gasteiger partial charge in [-0.3, -0.25) is 0 Å². The first-order valence-electron chi connectivity index (χ1n) is 7.87. The highest BCUT2D eigenvalue weighted by molar-refractivity contribution is 5.50. The zero-order valence-electron chi connectivity index (χ0n) is 12.1. The van der Waals surface area contributed by atoms with Crippen LogP contribution in [0.2, 0.25) is 0 Å². The molecular weight excluding hydrogens is 258 g/mol. The van der Waals surface area contributed by atoms with E-state index in [9.17, 15) is 5.11 Å². The Hall–Kier alpha value is -1.64. The number of aliphatic hydroxyl groups is 1. The molecule has 2 aliphatic carbocycles. The summed E-state index contributed by atoms with van der Waals surface area (Å²) in [7, 11) is 0. The molecule has 0 heterocycles. The molecule has 0 spiro atoms. The molecule has 4 rings (SSSR count). The highest BCUT2D eigenvalue weighted by Crippen LogP contribution is 2.50. The van der Waals surface area contributed by atoms with Crippen LogP contribution in [-0.2, 0) is 5.60 Å². The third kappa shape index (κ3) is 1.86. The first-order chi connectivity index (χ1) is 10.2. The van der Waals surface area contributed by atoms with Crippen LogP contribution >= 0.6 is 0 Å². The maximum atomic E-state index is 11.5. The molecule has 2 aliphatic rings. The van der Waals surface area contributed by atoms with E-state index in [1.54, 1.807) is 0 Å². The molecule has 0 aliphatic heterocycles. The van der Waals surface area contributed by atoms with E-state index in [0.29, 0.717) is 12.3 Å². The van der Waals surface area contributed by atoms with Crippen molar-refractivity contribution in [3.63, 3.8) is 0 Å². The Balaban J connectivity index is 1.87. The summed E-state index contributed by atoms with van der Waals surface area (Å²) in [6.07, 6.45) is 4.35. The fourth-order valence-electron chi connectivity index (χ4n) is 3.94. The van der Waals surface area contributed by atoms with Gasteiger partial charge < -0.3 is 10.8 Å². The number of nitrogens with two attached hydrogens (primary N) is 1. The second-order valence-electron chi connectivity index (χ2n) is 6.47. The molecule has 0 amide bonds. The topological polar surface area (TPSA) is 46.2 Å². The van der Waals surface area contributed by atoms with Gasteiger partial charge in [0.25, 0.3) is 0 Å². The van der Waals surface area contributed by atoms with Gasteiger partial charge in [-0.15, -0.1) is 0 Å². The van der Waals surface area contributed by atoms with Gasteiger partial charge in [0.2, 0.25) is 0 Å². The third-order valence-corrected chi connectivity index (χ3v) is 5.27.